The number of H-pyrrole nitrogens is 1. The third-order valence-electron chi connectivity index (χ3n) is 4.35. The van der Waals surface area contributed by atoms with E-state index in [1.165, 1.54) is 29.5 Å². The Labute approximate surface area is 167 Å². The Kier molecular flexibility index (Phi) is 4.45. The second-order valence-corrected chi connectivity index (χ2v) is 7.39. The molecule has 3 aromatic rings. The van der Waals surface area contributed by atoms with Gasteiger partial charge in [-0.15, -0.1) is 0 Å². The molecule has 1 atom stereocenters. The number of nitriles is 1. The summed E-state index contributed by atoms with van der Waals surface area (Å²) in [6, 6.07) is 6.07. The highest BCUT2D eigenvalue weighted by molar-refractivity contribution is 7.22. The van der Waals surface area contributed by atoms with Crippen molar-refractivity contribution in [3.63, 3.8) is 0 Å². The van der Waals surface area contributed by atoms with Gasteiger partial charge in [0.25, 0.3) is 5.56 Å². The van der Waals surface area contributed by atoms with Crippen LogP contribution in [0.2, 0.25) is 5.02 Å². The third-order valence-corrected chi connectivity index (χ3v) is 5.69. The number of hydrogen-bond donors (Lipinski definition) is 3. The highest BCUT2D eigenvalue weighted by atomic mass is 35.5. The molecule has 1 aliphatic heterocycles. The lowest BCUT2D eigenvalue weighted by Crippen LogP contribution is -2.28. The fourth-order valence-electron chi connectivity index (χ4n) is 3.20. The summed E-state index contributed by atoms with van der Waals surface area (Å²) in [7, 11) is 0. The minimum absolute atomic E-state index is 0.00510. The third kappa shape index (κ3) is 2.69. The molecular weight excluding hydrogens is 405 g/mol. The van der Waals surface area contributed by atoms with Crippen LogP contribution in [0.25, 0.3) is 10.3 Å². The fourth-order valence-corrected chi connectivity index (χ4v) is 4.45. The van der Waals surface area contributed by atoms with Crippen molar-refractivity contribution in [1.29, 1.82) is 5.26 Å². The summed E-state index contributed by atoms with van der Waals surface area (Å²) in [5.74, 6) is -1.80. The molecule has 4 rings (SSSR count). The first kappa shape index (κ1) is 18.3. The smallest absolute Gasteiger partial charge is 0.257 e. The SMILES string of the molecule is CCNc1nc2[nH]c(=O)c3c(c2s1)OC(N)=C(C#N)C3c1c(F)cccc1Cl. The summed E-state index contributed by atoms with van der Waals surface area (Å²) >= 11 is 7.49. The number of rotatable bonds is 3. The maximum atomic E-state index is 14.7. The predicted octanol–water partition coefficient (Wildman–Crippen LogP) is 3.43. The van der Waals surface area contributed by atoms with Gasteiger partial charge >= 0.3 is 0 Å². The van der Waals surface area contributed by atoms with E-state index >= 15 is 0 Å². The molecule has 142 valence electrons. The van der Waals surface area contributed by atoms with E-state index < -0.39 is 17.3 Å². The summed E-state index contributed by atoms with van der Waals surface area (Å²) in [4.78, 5) is 19.9. The quantitative estimate of drug-likeness (QED) is 0.601. The van der Waals surface area contributed by atoms with Crippen molar-refractivity contribution in [1.82, 2.24) is 9.97 Å². The molecule has 1 aliphatic rings. The van der Waals surface area contributed by atoms with Crippen LogP contribution in [0.5, 0.6) is 5.75 Å². The van der Waals surface area contributed by atoms with Gasteiger partial charge < -0.3 is 20.8 Å². The molecule has 7 nitrogen and oxygen atoms in total. The Morgan fingerprint density at radius 3 is 2.96 bits per heavy atom. The van der Waals surface area contributed by atoms with Gasteiger partial charge in [-0.1, -0.05) is 29.0 Å². The van der Waals surface area contributed by atoms with E-state index in [4.69, 9.17) is 22.1 Å². The van der Waals surface area contributed by atoms with E-state index in [0.717, 1.165) is 0 Å². The van der Waals surface area contributed by atoms with E-state index in [1.807, 2.05) is 13.0 Å². The normalized spacial score (nSPS) is 15.9. The van der Waals surface area contributed by atoms with Gasteiger partial charge in [0.2, 0.25) is 5.88 Å². The van der Waals surface area contributed by atoms with Crippen LogP contribution in [0.1, 0.15) is 24.0 Å². The highest BCUT2D eigenvalue weighted by Gasteiger charge is 2.37. The minimum Gasteiger partial charge on any atom is -0.438 e. The van der Waals surface area contributed by atoms with Gasteiger partial charge in [0.15, 0.2) is 16.5 Å². The van der Waals surface area contributed by atoms with Crippen molar-refractivity contribution in [3.8, 4) is 11.8 Å². The maximum absolute atomic E-state index is 14.7. The van der Waals surface area contributed by atoms with E-state index in [9.17, 15) is 14.4 Å². The minimum atomic E-state index is -1.10. The van der Waals surface area contributed by atoms with Crippen molar-refractivity contribution in [2.45, 2.75) is 12.8 Å². The van der Waals surface area contributed by atoms with Crippen molar-refractivity contribution >= 4 is 38.4 Å². The van der Waals surface area contributed by atoms with Gasteiger partial charge in [0, 0.05) is 17.1 Å². The maximum Gasteiger partial charge on any atom is 0.257 e. The number of benzene rings is 1. The summed E-state index contributed by atoms with van der Waals surface area (Å²) in [5, 5.41) is 13.3. The Hall–Kier alpha value is -3.09. The summed E-state index contributed by atoms with van der Waals surface area (Å²) in [6.45, 7) is 2.55. The molecule has 0 saturated heterocycles. The molecule has 4 N–H and O–H groups in total. The van der Waals surface area contributed by atoms with E-state index in [0.29, 0.717) is 22.0 Å². The van der Waals surface area contributed by atoms with Crippen LogP contribution in [-0.4, -0.2) is 16.5 Å². The predicted molar refractivity (Wildman–Crippen MR) is 105 cm³/mol. The van der Waals surface area contributed by atoms with Crippen molar-refractivity contribution in [2.24, 2.45) is 5.73 Å². The number of thiazole rings is 1. The number of allylic oxidation sites excluding steroid dienone is 1. The topological polar surface area (TPSA) is 117 Å². The molecule has 1 unspecified atom stereocenters. The molecule has 0 bridgehead atoms. The van der Waals surface area contributed by atoms with Crippen LogP contribution in [0.4, 0.5) is 9.52 Å². The fraction of sp³-hybridized carbons (Fsp3) is 0.167. The number of halogens is 2. The lowest BCUT2D eigenvalue weighted by atomic mass is 9.84. The molecule has 0 amide bonds. The number of pyridine rings is 1. The first-order chi connectivity index (χ1) is 13.5. The van der Waals surface area contributed by atoms with E-state index in [2.05, 4.69) is 15.3 Å². The molecule has 3 heterocycles. The Balaban J connectivity index is 2.07. The monoisotopic (exact) mass is 417 g/mol. The summed E-state index contributed by atoms with van der Waals surface area (Å²) < 4.78 is 20.9. The second kappa shape index (κ2) is 6.82. The van der Waals surface area contributed by atoms with Gasteiger partial charge in [0.1, 0.15) is 22.2 Å². The molecule has 0 spiro atoms. The van der Waals surface area contributed by atoms with E-state index in [1.54, 1.807) is 0 Å². The molecule has 1 aromatic carbocycles. The second-order valence-electron chi connectivity index (χ2n) is 5.98. The number of aromatic nitrogens is 2. The Bertz CT molecular complexity index is 1220. The highest BCUT2D eigenvalue weighted by Crippen LogP contribution is 2.47. The molecule has 0 radical (unpaired) electrons. The standard InChI is InChI=1S/C18H13ClFN5O2S/c1-2-23-18-25-16-14(28-18)13-12(17(26)24-16)10(7(6-21)15(22)27-13)11-8(19)4-3-5-9(11)20/h3-5,10H,2,22H2,1H3,(H2,23,24,25,26). The number of nitrogens with two attached hydrogens (primary N) is 1. The molecule has 2 aromatic heterocycles. The zero-order valence-corrected chi connectivity index (χ0v) is 16.0. The Morgan fingerprint density at radius 2 is 2.29 bits per heavy atom. The van der Waals surface area contributed by atoms with Crippen LogP contribution < -0.4 is 21.3 Å². The largest absolute Gasteiger partial charge is 0.438 e. The van der Waals surface area contributed by atoms with Crippen molar-refractivity contribution in [3.05, 3.63) is 62.0 Å². The molecule has 0 fully saturated rings. The lowest BCUT2D eigenvalue weighted by molar-refractivity contribution is 0.396. The Morgan fingerprint density at radius 1 is 1.50 bits per heavy atom. The molecule has 0 saturated carbocycles. The summed E-state index contributed by atoms with van der Waals surface area (Å²) in [5.41, 5.74) is 5.70. The number of fused-ring (bicyclic) bond motifs is 3. The van der Waals surface area contributed by atoms with Crippen molar-refractivity contribution < 1.29 is 9.13 Å². The average Bonchev–Trinajstić information content (AvgIpc) is 3.04. The molecule has 10 heteroatoms. The molecule has 0 aliphatic carbocycles. The number of anilines is 1. The van der Waals surface area contributed by atoms with Gasteiger partial charge in [-0.2, -0.15) is 5.26 Å². The summed E-state index contributed by atoms with van der Waals surface area (Å²) in [6.07, 6.45) is 0. The van der Waals surface area contributed by atoms with Crippen LogP contribution in [0.3, 0.4) is 0 Å². The number of hydrogen-bond acceptors (Lipinski definition) is 7. The number of nitrogens with zero attached hydrogens (tertiary/aromatic N) is 2. The zero-order chi connectivity index (χ0) is 20.0. The number of nitrogens with one attached hydrogen (secondary N) is 2. The van der Waals surface area contributed by atoms with Crippen LogP contribution in [0, 0.1) is 17.1 Å². The molecule has 28 heavy (non-hydrogen) atoms. The van der Waals surface area contributed by atoms with Gasteiger partial charge in [-0.3, -0.25) is 4.79 Å². The first-order valence-corrected chi connectivity index (χ1v) is 9.47. The van der Waals surface area contributed by atoms with Crippen LogP contribution >= 0.6 is 22.9 Å². The first-order valence-electron chi connectivity index (χ1n) is 8.28. The van der Waals surface area contributed by atoms with Crippen LogP contribution in [0.15, 0.2) is 34.4 Å². The molecular formula is C18H13ClFN5O2S. The van der Waals surface area contributed by atoms with Gasteiger partial charge in [-0.25, -0.2) is 9.37 Å². The van der Waals surface area contributed by atoms with Crippen LogP contribution in [-0.2, 0) is 0 Å². The van der Waals surface area contributed by atoms with E-state index in [-0.39, 0.29) is 33.4 Å². The van der Waals surface area contributed by atoms with Gasteiger partial charge in [0.05, 0.1) is 11.5 Å². The van der Waals surface area contributed by atoms with Crippen molar-refractivity contribution in [2.75, 3.05) is 11.9 Å². The average molecular weight is 418 g/mol. The lowest BCUT2D eigenvalue weighted by Gasteiger charge is -2.26. The zero-order valence-electron chi connectivity index (χ0n) is 14.5. The number of ether oxygens (including phenoxy) is 1. The number of aromatic amines is 1. The van der Waals surface area contributed by atoms with Gasteiger partial charge in [-0.05, 0) is 19.1 Å².